The summed E-state index contributed by atoms with van der Waals surface area (Å²) in [6.45, 7) is 0. The highest BCUT2D eigenvalue weighted by atomic mass is 35.5. The molecule has 2 nitrogen and oxygen atoms in total. The van der Waals surface area contributed by atoms with Gasteiger partial charge in [-0.25, -0.2) is 0 Å². The van der Waals surface area contributed by atoms with Crippen molar-refractivity contribution in [2.75, 3.05) is 0 Å². The highest BCUT2D eigenvalue weighted by molar-refractivity contribution is 6.37. The summed E-state index contributed by atoms with van der Waals surface area (Å²) in [5, 5.41) is 9.52. The second kappa shape index (κ2) is 6.38. The zero-order chi connectivity index (χ0) is 14.5. The molecular formula is C16H9Cl2NO. The molecule has 2 aromatic carbocycles. The molecule has 4 heteroatoms. The Morgan fingerprint density at radius 2 is 1.80 bits per heavy atom. The summed E-state index contributed by atoms with van der Waals surface area (Å²) < 4.78 is 0. The molecular weight excluding hydrogens is 293 g/mol. The van der Waals surface area contributed by atoms with Crippen LogP contribution < -0.4 is 0 Å². The summed E-state index contributed by atoms with van der Waals surface area (Å²) in [7, 11) is 0. The molecule has 0 N–H and O–H groups in total. The first-order chi connectivity index (χ1) is 9.60. The van der Waals surface area contributed by atoms with Crippen molar-refractivity contribution in [3.63, 3.8) is 0 Å². The van der Waals surface area contributed by atoms with Crippen molar-refractivity contribution < 1.29 is 4.79 Å². The summed E-state index contributed by atoms with van der Waals surface area (Å²) in [5.41, 5.74) is 1.82. The molecule has 0 bridgehead atoms. The van der Waals surface area contributed by atoms with E-state index in [1.807, 2.05) is 6.07 Å². The van der Waals surface area contributed by atoms with Gasteiger partial charge in [-0.15, -0.1) is 0 Å². The topological polar surface area (TPSA) is 40.9 Å². The number of nitriles is 1. The van der Waals surface area contributed by atoms with Gasteiger partial charge in [0.2, 0.25) is 0 Å². The molecule has 2 aromatic rings. The van der Waals surface area contributed by atoms with Crippen molar-refractivity contribution in [2.24, 2.45) is 0 Å². The average molecular weight is 302 g/mol. The summed E-state index contributed by atoms with van der Waals surface area (Å²) in [6.07, 6.45) is 3.12. The SMILES string of the molecule is N#Cc1ccc(/C=C/C(=O)c2ccc(Cl)cc2Cl)cc1. The Bertz CT molecular complexity index is 712. The number of allylic oxidation sites excluding steroid dienone is 1. The van der Waals surface area contributed by atoms with Crippen LogP contribution in [-0.2, 0) is 0 Å². The highest BCUT2D eigenvalue weighted by Crippen LogP contribution is 2.21. The first kappa shape index (κ1) is 14.3. The fourth-order valence-electron chi connectivity index (χ4n) is 1.62. The van der Waals surface area contributed by atoms with Gasteiger partial charge in [-0.1, -0.05) is 41.4 Å². The maximum atomic E-state index is 12.0. The molecule has 0 aliphatic rings. The van der Waals surface area contributed by atoms with Crippen LogP contribution in [0.5, 0.6) is 0 Å². The lowest BCUT2D eigenvalue weighted by Gasteiger charge is -2.00. The number of benzene rings is 2. The zero-order valence-electron chi connectivity index (χ0n) is 10.3. The van der Waals surface area contributed by atoms with E-state index in [0.29, 0.717) is 21.2 Å². The smallest absolute Gasteiger partial charge is 0.187 e. The minimum absolute atomic E-state index is 0.198. The third-order valence-electron chi connectivity index (χ3n) is 2.66. The molecule has 0 saturated heterocycles. The Balaban J connectivity index is 2.18. The first-order valence-corrected chi connectivity index (χ1v) is 6.53. The van der Waals surface area contributed by atoms with E-state index in [-0.39, 0.29) is 5.78 Å². The molecule has 0 aliphatic heterocycles. The Morgan fingerprint density at radius 3 is 2.40 bits per heavy atom. The van der Waals surface area contributed by atoms with E-state index in [4.69, 9.17) is 28.5 Å². The van der Waals surface area contributed by atoms with Gasteiger partial charge in [0.15, 0.2) is 5.78 Å². The van der Waals surface area contributed by atoms with Crippen LogP contribution in [0.25, 0.3) is 6.08 Å². The molecule has 0 amide bonds. The van der Waals surface area contributed by atoms with Gasteiger partial charge in [0.25, 0.3) is 0 Å². The normalized spacial score (nSPS) is 10.4. The summed E-state index contributed by atoms with van der Waals surface area (Å²) in [6, 6.07) is 13.7. The van der Waals surface area contributed by atoms with E-state index in [0.717, 1.165) is 5.56 Å². The van der Waals surface area contributed by atoms with Crippen LogP contribution in [0.4, 0.5) is 0 Å². The lowest BCUT2D eigenvalue weighted by atomic mass is 10.1. The van der Waals surface area contributed by atoms with E-state index in [2.05, 4.69) is 0 Å². The number of hydrogen-bond acceptors (Lipinski definition) is 2. The van der Waals surface area contributed by atoms with Gasteiger partial charge in [-0.3, -0.25) is 4.79 Å². The van der Waals surface area contributed by atoms with Crippen molar-refractivity contribution in [1.82, 2.24) is 0 Å². The van der Waals surface area contributed by atoms with Crippen molar-refractivity contribution in [3.8, 4) is 6.07 Å². The fourth-order valence-corrected chi connectivity index (χ4v) is 2.12. The minimum Gasteiger partial charge on any atom is -0.289 e. The second-order valence-corrected chi connectivity index (χ2v) is 4.90. The average Bonchev–Trinajstić information content (AvgIpc) is 2.45. The quantitative estimate of drug-likeness (QED) is 0.606. The van der Waals surface area contributed by atoms with Crippen LogP contribution in [0.2, 0.25) is 10.0 Å². The van der Waals surface area contributed by atoms with E-state index in [1.165, 1.54) is 12.1 Å². The minimum atomic E-state index is -0.198. The monoisotopic (exact) mass is 301 g/mol. The number of halogens is 2. The predicted molar refractivity (Wildman–Crippen MR) is 81.0 cm³/mol. The number of hydrogen-bond donors (Lipinski definition) is 0. The Morgan fingerprint density at radius 1 is 1.10 bits per heavy atom. The molecule has 0 atom stereocenters. The summed E-state index contributed by atoms with van der Waals surface area (Å²) in [4.78, 5) is 12.0. The van der Waals surface area contributed by atoms with Gasteiger partial charge in [0, 0.05) is 10.6 Å². The number of nitrogens with zero attached hydrogens (tertiary/aromatic N) is 1. The molecule has 98 valence electrons. The Labute approximate surface area is 126 Å². The van der Waals surface area contributed by atoms with Gasteiger partial charge in [-0.05, 0) is 42.0 Å². The number of ketones is 1. The first-order valence-electron chi connectivity index (χ1n) is 5.78. The lowest BCUT2D eigenvalue weighted by Crippen LogP contribution is -1.95. The van der Waals surface area contributed by atoms with Gasteiger partial charge in [0.05, 0.1) is 16.7 Å². The maximum absolute atomic E-state index is 12.0. The van der Waals surface area contributed by atoms with Gasteiger partial charge in [0.1, 0.15) is 0 Å². The molecule has 0 spiro atoms. The molecule has 2 rings (SSSR count). The van der Waals surface area contributed by atoms with Gasteiger partial charge < -0.3 is 0 Å². The van der Waals surface area contributed by atoms with E-state index >= 15 is 0 Å². The largest absolute Gasteiger partial charge is 0.289 e. The molecule has 20 heavy (non-hydrogen) atoms. The van der Waals surface area contributed by atoms with E-state index < -0.39 is 0 Å². The Hall–Kier alpha value is -2.08. The lowest BCUT2D eigenvalue weighted by molar-refractivity contribution is 0.104. The van der Waals surface area contributed by atoms with Crippen LogP contribution in [-0.4, -0.2) is 5.78 Å². The summed E-state index contributed by atoms with van der Waals surface area (Å²) in [5.74, 6) is -0.198. The van der Waals surface area contributed by atoms with Gasteiger partial charge >= 0.3 is 0 Å². The second-order valence-electron chi connectivity index (χ2n) is 4.06. The number of rotatable bonds is 3. The van der Waals surface area contributed by atoms with Crippen LogP contribution >= 0.6 is 23.2 Å². The zero-order valence-corrected chi connectivity index (χ0v) is 11.8. The molecule has 0 unspecified atom stereocenters. The molecule has 0 heterocycles. The highest BCUT2D eigenvalue weighted by Gasteiger charge is 2.07. The molecule has 0 aliphatic carbocycles. The predicted octanol–water partition coefficient (Wildman–Crippen LogP) is 4.76. The molecule has 0 aromatic heterocycles. The van der Waals surface area contributed by atoms with E-state index in [1.54, 1.807) is 42.5 Å². The van der Waals surface area contributed by atoms with Crippen molar-refractivity contribution in [1.29, 1.82) is 5.26 Å². The third-order valence-corrected chi connectivity index (χ3v) is 3.21. The van der Waals surface area contributed by atoms with Crippen LogP contribution in [0.3, 0.4) is 0 Å². The van der Waals surface area contributed by atoms with Crippen LogP contribution in [0, 0.1) is 11.3 Å². The van der Waals surface area contributed by atoms with E-state index in [9.17, 15) is 4.79 Å². The standard InChI is InChI=1S/C16H9Cl2NO/c17-13-6-7-14(15(18)9-13)16(20)8-5-11-1-3-12(10-19)4-2-11/h1-9H/b8-5+. The van der Waals surface area contributed by atoms with Crippen molar-refractivity contribution in [2.45, 2.75) is 0 Å². The Kier molecular flexibility index (Phi) is 4.57. The van der Waals surface area contributed by atoms with Crippen molar-refractivity contribution in [3.05, 3.63) is 75.3 Å². The van der Waals surface area contributed by atoms with Crippen molar-refractivity contribution >= 4 is 35.1 Å². The number of carbonyl (C=O) groups excluding carboxylic acids is 1. The van der Waals surface area contributed by atoms with Gasteiger partial charge in [-0.2, -0.15) is 5.26 Å². The molecule has 0 fully saturated rings. The maximum Gasteiger partial charge on any atom is 0.187 e. The fraction of sp³-hybridized carbons (Fsp3) is 0. The summed E-state index contributed by atoms with van der Waals surface area (Å²) >= 11 is 11.8. The molecule has 0 radical (unpaired) electrons. The number of carbonyl (C=O) groups is 1. The molecule has 0 saturated carbocycles. The van der Waals surface area contributed by atoms with Crippen LogP contribution in [0.15, 0.2) is 48.5 Å². The third kappa shape index (κ3) is 3.48. The van der Waals surface area contributed by atoms with Crippen LogP contribution in [0.1, 0.15) is 21.5 Å².